The summed E-state index contributed by atoms with van der Waals surface area (Å²) in [6, 6.07) is 21.9. The molecule has 0 unspecified atom stereocenters. The number of hydrogen-bond acceptors (Lipinski definition) is 5. The zero-order valence-electron chi connectivity index (χ0n) is 17.4. The summed E-state index contributed by atoms with van der Waals surface area (Å²) in [6.07, 6.45) is 0. The van der Waals surface area contributed by atoms with Gasteiger partial charge in [0, 0.05) is 11.1 Å². The van der Waals surface area contributed by atoms with Crippen LogP contribution in [0, 0.1) is 13.8 Å². The van der Waals surface area contributed by atoms with Crippen LogP contribution in [0.3, 0.4) is 0 Å². The van der Waals surface area contributed by atoms with Gasteiger partial charge in [-0.15, -0.1) is 0 Å². The summed E-state index contributed by atoms with van der Waals surface area (Å²) >= 11 is 0. The van der Waals surface area contributed by atoms with Crippen LogP contribution in [0.1, 0.15) is 21.5 Å². The minimum atomic E-state index is -0.566. The smallest absolute Gasteiger partial charge is 0.342 e. The summed E-state index contributed by atoms with van der Waals surface area (Å²) in [7, 11) is 0. The van der Waals surface area contributed by atoms with Crippen molar-refractivity contribution in [3.8, 4) is 17.1 Å². The third-order valence-corrected chi connectivity index (χ3v) is 5.01. The standard InChI is InChI=1S/C26H22O5/c1-17-11-13-20(14-12-17)29-15-16-30-26(28)22-10-6-9-21-23(27)18(2)24(31-25(21)22)19-7-4-3-5-8-19/h3-14H,15-16H2,1-2H3. The second-order valence-corrected chi connectivity index (χ2v) is 7.23. The van der Waals surface area contributed by atoms with E-state index in [0.717, 1.165) is 11.1 Å². The molecule has 0 spiro atoms. The lowest BCUT2D eigenvalue weighted by atomic mass is 10.0. The lowest BCUT2D eigenvalue weighted by molar-refractivity contribution is 0.0451. The molecule has 1 heterocycles. The van der Waals surface area contributed by atoms with Gasteiger partial charge in [-0.1, -0.05) is 54.1 Å². The van der Waals surface area contributed by atoms with Gasteiger partial charge in [0.2, 0.25) is 0 Å². The van der Waals surface area contributed by atoms with Crippen molar-refractivity contribution in [3.63, 3.8) is 0 Å². The zero-order chi connectivity index (χ0) is 21.8. The monoisotopic (exact) mass is 414 g/mol. The first kappa shape index (κ1) is 20.4. The summed E-state index contributed by atoms with van der Waals surface area (Å²) in [6.45, 7) is 4.02. The molecule has 3 aromatic carbocycles. The second-order valence-electron chi connectivity index (χ2n) is 7.23. The molecule has 1 aromatic heterocycles. The molecule has 0 amide bonds. The molecular formula is C26H22O5. The first-order valence-electron chi connectivity index (χ1n) is 10.0. The van der Waals surface area contributed by atoms with Gasteiger partial charge in [0.1, 0.15) is 30.3 Å². The molecule has 4 rings (SSSR count). The second kappa shape index (κ2) is 8.88. The van der Waals surface area contributed by atoms with Crippen LogP contribution in [0.4, 0.5) is 0 Å². The van der Waals surface area contributed by atoms with Crippen LogP contribution in [0.15, 0.2) is 82.0 Å². The number of benzene rings is 3. The minimum absolute atomic E-state index is 0.0741. The van der Waals surface area contributed by atoms with Crippen molar-refractivity contribution in [3.05, 3.63) is 99.7 Å². The van der Waals surface area contributed by atoms with Gasteiger partial charge in [-0.25, -0.2) is 4.79 Å². The van der Waals surface area contributed by atoms with E-state index in [1.54, 1.807) is 25.1 Å². The molecule has 5 heteroatoms. The Morgan fingerprint density at radius 2 is 1.61 bits per heavy atom. The molecule has 31 heavy (non-hydrogen) atoms. The Morgan fingerprint density at radius 3 is 2.35 bits per heavy atom. The Kier molecular flexibility index (Phi) is 5.85. The average Bonchev–Trinajstić information content (AvgIpc) is 2.80. The lowest BCUT2D eigenvalue weighted by Gasteiger charge is -2.11. The molecule has 0 atom stereocenters. The normalized spacial score (nSPS) is 10.8. The maximum atomic E-state index is 12.9. The highest BCUT2D eigenvalue weighted by Crippen LogP contribution is 2.27. The minimum Gasteiger partial charge on any atom is -0.490 e. The van der Waals surface area contributed by atoms with E-state index in [1.165, 1.54) is 0 Å². The summed E-state index contributed by atoms with van der Waals surface area (Å²) in [5, 5.41) is 0.350. The van der Waals surface area contributed by atoms with E-state index < -0.39 is 5.97 Å². The molecule has 5 nitrogen and oxygen atoms in total. The quantitative estimate of drug-likeness (QED) is 0.316. The fourth-order valence-corrected chi connectivity index (χ4v) is 3.34. The number of hydrogen-bond donors (Lipinski definition) is 0. The third kappa shape index (κ3) is 4.36. The van der Waals surface area contributed by atoms with Crippen molar-refractivity contribution < 1.29 is 18.7 Å². The van der Waals surface area contributed by atoms with Gasteiger partial charge in [0.15, 0.2) is 11.0 Å². The Balaban J connectivity index is 1.57. The van der Waals surface area contributed by atoms with Crippen LogP contribution in [0.25, 0.3) is 22.3 Å². The van der Waals surface area contributed by atoms with Gasteiger partial charge in [-0.3, -0.25) is 4.79 Å². The van der Waals surface area contributed by atoms with Crippen molar-refractivity contribution in [2.75, 3.05) is 13.2 Å². The van der Waals surface area contributed by atoms with Crippen molar-refractivity contribution in [2.24, 2.45) is 0 Å². The number of ether oxygens (including phenoxy) is 2. The van der Waals surface area contributed by atoms with Gasteiger partial charge in [0.05, 0.1) is 5.39 Å². The van der Waals surface area contributed by atoms with E-state index in [0.29, 0.717) is 22.5 Å². The molecule has 0 radical (unpaired) electrons. The van der Waals surface area contributed by atoms with E-state index in [2.05, 4.69) is 0 Å². The van der Waals surface area contributed by atoms with Crippen molar-refractivity contribution in [1.82, 2.24) is 0 Å². The van der Waals surface area contributed by atoms with Gasteiger partial charge >= 0.3 is 5.97 Å². The highest BCUT2D eigenvalue weighted by atomic mass is 16.6. The van der Waals surface area contributed by atoms with Gasteiger partial charge in [-0.05, 0) is 38.1 Å². The first-order valence-corrected chi connectivity index (χ1v) is 10.0. The van der Waals surface area contributed by atoms with E-state index in [9.17, 15) is 9.59 Å². The first-order chi connectivity index (χ1) is 15.0. The molecule has 0 N–H and O–H groups in total. The maximum Gasteiger partial charge on any atom is 0.342 e. The Morgan fingerprint density at radius 1 is 0.871 bits per heavy atom. The lowest BCUT2D eigenvalue weighted by Crippen LogP contribution is -2.14. The van der Waals surface area contributed by atoms with Crippen molar-refractivity contribution in [2.45, 2.75) is 13.8 Å². The third-order valence-electron chi connectivity index (χ3n) is 5.01. The fraction of sp³-hybridized carbons (Fsp3) is 0.154. The molecule has 0 fully saturated rings. The van der Waals surface area contributed by atoms with Gasteiger partial charge in [-0.2, -0.15) is 0 Å². The van der Waals surface area contributed by atoms with Gasteiger partial charge in [0.25, 0.3) is 0 Å². The molecule has 0 saturated heterocycles. The summed E-state index contributed by atoms with van der Waals surface area (Å²) in [5.41, 5.74) is 2.67. The number of esters is 1. The van der Waals surface area contributed by atoms with Gasteiger partial charge < -0.3 is 13.9 Å². The molecular weight excluding hydrogens is 392 g/mol. The average molecular weight is 414 g/mol. The molecule has 0 saturated carbocycles. The van der Waals surface area contributed by atoms with Crippen molar-refractivity contribution >= 4 is 16.9 Å². The SMILES string of the molecule is Cc1ccc(OCCOC(=O)c2cccc3c(=O)c(C)c(-c4ccccc4)oc23)cc1. The van der Waals surface area contributed by atoms with E-state index >= 15 is 0 Å². The molecule has 0 aliphatic carbocycles. The predicted octanol–water partition coefficient (Wildman–Crippen LogP) is 5.31. The zero-order valence-corrected chi connectivity index (χ0v) is 17.4. The molecule has 0 aliphatic heterocycles. The number of aryl methyl sites for hydroxylation is 1. The van der Waals surface area contributed by atoms with Crippen LogP contribution in [0.5, 0.6) is 5.75 Å². The van der Waals surface area contributed by atoms with E-state index in [1.807, 2.05) is 61.5 Å². The molecule has 4 aromatic rings. The Hall–Kier alpha value is -3.86. The maximum absolute atomic E-state index is 12.9. The fourth-order valence-electron chi connectivity index (χ4n) is 3.34. The van der Waals surface area contributed by atoms with Crippen molar-refractivity contribution in [1.29, 1.82) is 0 Å². The van der Waals surface area contributed by atoms with Crippen LogP contribution in [-0.2, 0) is 4.74 Å². The number of carbonyl (C=O) groups is 1. The Bertz CT molecular complexity index is 1270. The van der Waals surface area contributed by atoms with Crippen LogP contribution in [-0.4, -0.2) is 19.2 Å². The summed E-state index contributed by atoms with van der Waals surface area (Å²) < 4.78 is 17.0. The molecule has 0 bridgehead atoms. The van der Waals surface area contributed by atoms with E-state index in [4.69, 9.17) is 13.9 Å². The van der Waals surface area contributed by atoms with Crippen LogP contribution < -0.4 is 10.2 Å². The van der Waals surface area contributed by atoms with E-state index in [-0.39, 0.29) is 29.8 Å². The predicted molar refractivity (Wildman–Crippen MR) is 120 cm³/mol. The highest BCUT2D eigenvalue weighted by molar-refractivity contribution is 6.02. The largest absolute Gasteiger partial charge is 0.490 e. The number of para-hydroxylation sites is 1. The van der Waals surface area contributed by atoms with Crippen LogP contribution in [0.2, 0.25) is 0 Å². The summed E-state index contributed by atoms with van der Waals surface area (Å²) in [4.78, 5) is 25.6. The highest BCUT2D eigenvalue weighted by Gasteiger charge is 2.19. The Labute approximate surface area is 179 Å². The summed E-state index contributed by atoms with van der Waals surface area (Å²) in [5.74, 6) is 0.589. The number of carbonyl (C=O) groups excluding carboxylic acids is 1. The molecule has 0 aliphatic rings. The molecule has 156 valence electrons. The number of fused-ring (bicyclic) bond motifs is 1. The topological polar surface area (TPSA) is 65.7 Å². The number of rotatable bonds is 6. The van der Waals surface area contributed by atoms with Crippen LogP contribution >= 0.6 is 0 Å².